The van der Waals surface area contributed by atoms with Gasteiger partial charge in [-0.05, 0) is 24.3 Å². The van der Waals surface area contributed by atoms with Gasteiger partial charge in [0.25, 0.3) is 0 Å². The van der Waals surface area contributed by atoms with Gasteiger partial charge in [-0.1, -0.05) is 6.92 Å². The summed E-state index contributed by atoms with van der Waals surface area (Å²) in [5.41, 5.74) is 0.735. The molecule has 15 heavy (non-hydrogen) atoms. The molecule has 0 N–H and O–H groups in total. The lowest BCUT2D eigenvalue weighted by Gasteiger charge is -1.96. The van der Waals surface area contributed by atoms with Gasteiger partial charge in [-0.25, -0.2) is 8.42 Å². The molecular formula is C11H12O3S. The molecular weight excluding hydrogens is 212 g/mol. The third-order valence-corrected chi connectivity index (χ3v) is 3.43. The van der Waals surface area contributed by atoms with Gasteiger partial charge < -0.3 is 4.42 Å². The predicted molar refractivity (Wildman–Crippen MR) is 58.7 cm³/mol. The molecule has 2 aromatic rings. The Bertz CT molecular complexity index is 593. The van der Waals surface area contributed by atoms with E-state index in [-0.39, 0.29) is 0 Å². The minimum Gasteiger partial charge on any atom is -0.461 e. The van der Waals surface area contributed by atoms with E-state index in [0.717, 1.165) is 23.2 Å². The fraction of sp³-hybridized carbons (Fsp3) is 0.273. The van der Waals surface area contributed by atoms with Gasteiger partial charge in [0.05, 0.1) is 4.90 Å². The maximum atomic E-state index is 11.3. The van der Waals surface area contributed by atoms with E-state index >= 15 is 0 Å². The summed E-state index contributed by atoms with van der Waals surface area (Å²) in [6, 6.07) is 6.79. The van der Waals surface area contributed by atoms with Gasteiger partial charge in [-0.2, -0.15) is 0 Å². The summed E-state index contributed by atoms with van der Waals surface area (Å²) in [5, 5.41) is 0.842. The molecule has 0 saturated carbocycles. The summed E-state index contributed by atoms with van der Waals surface area (Å²) >= 11 is 0. The molecule has 80 valence electrons. The van der Waals surface area contributed by atoms with Crippen LogP contribution < -0.4 is 0 Å². The average molecular weight is 224 g/mol. The topological polar surface area (TPSA) is 47.3 Å². The van der Waals surface area contributed by atoms with Crippen LogP contribution in [0.25, 0.3) is 11.0 Å². The lowest BCUT2D eigenvalue weighted by atomic mass is 10.2. The van der Waals surface area contributed by atoms with Crippen molar-refractivity contribution in [3.63, 3.8) is 0 Å². The monoisotopic (exact) mass is 224 g/mol. The van der Waals surface area contributed by atoms with Crippen LogP contribution in [0.1, 0.15) is 12.7 Å². The van der Waals surface area contributed by atoms with Gasteiger partial charge >= 0.3 is 0 Å². The van der Waals surface area contributed by atoms with E-state index in [2.05, 4.69) is 0 Å². The van der Waals surface area contributed by atoms with E-state index in [9.17, 15) is 8.42 Å². The quantitative estimate of drug-likeness (QED) is 0.787. The number of fused-ring (bicyclic) bond motifs is 1. The summed E-state index contributed by atoms with van der Waals surface area (Å²) in [4.78, 5) is 0.332. The highest BCUT2D eigenvalue weighted by Crippen LogP contribution is 2.23. The maximum absolute atomic E-state index is 11.3. The molecule has 0 atom stereocenters. The van der Waals surface area contributed by atoms with Crippen LogP contribution in [-0.2, 0) is 16.3 Å². The number of hydrogen-bond acceptors (Lipinski definition) is 3. The summed E-state index contributed by atoms with van der Waals surface area (Å²) in [6.07, 6.45) is 2.01. The van der Waals surface area contributed by atoms with Crippen molar-refractivity contribution in [2.45, 2.75) is 18.2 Å². The van der Waals surface area contributed by atoms with Crippen LogP contribution >= 0.6 is 0 Å². The van der Waals surface area contributed by atoms with E-state index < -0.39 is 9.84 Å². The molecule has 1 aromatic carbocycles. The third-order valence-electron chi connectivity index (χ3n) is 2.32. The molecule has 2 rings (SSSR count). The van der Waals surface area contributed by atoms with Crippen molar-refractivity contribution >= 4 is 20.8 Å². The van der Waals surface area contributed by atoms with Crippen molar-refractivity contribution in [3.8, 4) is 0 Å². The predicted octanol–water partition coefficient (Wildman–Crippen LogP) is 2.40. The first-order valence-electron chi connectivity index (χ1n) is 4.73. The zero-order valence-corrected chi connectivity index (χ0v) is 9.47. The molecule has 1 heterocycles. The van der Waals surface area contributed by atoms with Gasteiger partial charge in [0.15, 0.2) is 9.84 Å². The Hall–Kier alpha value is -1.29. The lowest BCUT2D eigenvalue weighted by Crippen LogP contribution is -1.95. The molecule has 4 heteroatoms. The van der Waals surface area contributed by atoms with Gasteiger partial charge in [-0.3, -0.25) is 0 Å². The van der Waals surface area contributed by atoms with Crippen LogP contribution in [0.4, 0.5) is 0 Å². The first kappa shape index (κ1) is 10.2. The number of rotatable bonds is 2. The SMILES string of the molecule is CCc1cc2cc(S(C)(=O)=O)ccc2o1. The summed E-state index contributed by atoms with van der Waals surface area (Å²) in [7, 11) is -3.13. The van der Waals surface area contributed by atoms with Crippen LogP contribution in [0.5, 0.6) is 0 Å². The van der Waals surface area contributed by atoms with E-state index in [4.69, 9.17) is 4.42 Å². The van der Waals surface area contributed by atoms with E-state index in [1.54, 1.807) is 18.2 Å². The van der Waals surface area contributed by atoms with Crippen molar-refractivity contribution in [1.29, 1.82) is 0 Å². The zero-order valence-electron chi connectivity index (χ0n) is 8.65. The third kappa shape index (κ3) is 1.90. The molecule has 1 aromatic heterocycles. The Morgan fingerprint density at radius 1 is 1.27 bits per heavy atom. The van der Waals surface area contributed by atoms with Gasteiger partial charge in [-0.15, -0.1) is 0 Å². The Balaban J connectivity index is 2.66. The van der Waals surface area contributed by atoms with Gasteiger partial charge in [0.1, 0.15) is 11.3 Å². The Morgan fingerprint density at radius 3 is 2.60 bits per heavy atom. The summed E-state index contributed by atoms with van der Waals surface area (Å²) in [6.45, 7) is 2.00. The van der Waals surface area contributed by atoms with Gasteiger partial charge in [0.2, 0.25) is 0 Å². The molecule has 0 unspecified atom stereocenters. The van der Waals surface area contributed by atoms with E-state index in [1.807, 2.05) is 13.0 Å². The number of furan rings is 1. The van der Waals surface area contributed by atoms with Crippen molar-refractivity contribution in [2.75, 3.05) is 6.26 Å². The first-order chi connectivity index (χ1) is 7.00. The van der Waals surface area contributed by atoms with Crippen molar-refractivity contribution in [2.24, 2.45) is 0 Å². The summed E-state index contributed by atoms with van der Waals surface area (Å²) < 4.78 is 28.1. The second-order valence-electron chi connectivity index (χ2n) is 3.54. The molecule has 0 bridgehead atoms. The van der Waals surface area contributed by atoms with Crippen molar-refractivity contribution < 1.29 is 12.8 Å². The molecule has 0 aliphatic carbocycles. The summed E-state index contributed by atoms with van der Waals surface area (Å²) in [5.74, 6) is 0.871. The van der Waals surface area contributed by atoms with E-state index in [1.165, 1.54) is 6.26 Å². The number of hydrogen-bond donors (Lipinski definition) is 0. The first-order valence-corrected chi connectivity index (χ1v) is 6.62. The zero-order chi connectivity index (χ0) is 11.1. The van der Waals surface area contributed by atoms with Gasteiger partial charge in [0, 0.05) is 18.1 Å². The molecule has 0 radical (unpaired) electrons. The molecule has 0 amide bonds. The highest BCUT2D eigenvalue weighted by Gasteiger charge is 2.09. The highest BCUT2D eigenvalue weighted by atomic mass is 32.2. The number of aryl methyl sites for hydroxylation is 1. The van der Waals surface area contributed by atoms with Crippen LogP contribution in [-0.4, -0.2) is 14.7 Å². The fourth-order valence-electron chi connectivity index (χ4n) is 1.48. The van der Waals surface area contributed by atoms with Crippen LogP contribution in [0.3, 0.4) is 0 Å². The largest absolute Gasteiger partial charge is 0.461 e. The molecule has 0 aliphatic rings. The average Bonchev–Trinajstić information content (AvgIpc) is 2.57. The Morgan fingerprint density at radius 2 is 2.00 bits per heavy atom. The molecule has 0 fully saturated rings. The maximum Gasteiger partial charge on any atom is 0.175 e. The number of sulfone groups is 1. The van der Waals surface area contributed by atoms with Crippen LogP contribution in [0.15, 0.2) is 33.6 Å². The fourth-order valence-corrected chi connectivity index (χ4v) is 2.14. The standard InChI is InChI=1S/C11H12O3S/c1-3-9-6-8-7-10(15(2,12)13)4-5-11(8)14-9/h4-7H,3H2,1-2H3. The lowest BCUT2D eigenvalue weighted by molar-refractivity contribution is 0.557. The minimum atomic E-state index is -3.13. The molecule has 0 spiro atoms. The van der Waals surface area contributed by atoms with E-state index in [0.29, 0.717) is 4.90 Å². The Kier molecular flexibility index (Phi) is 2.31. The van der Waals surface area contributed by atoms with Crippen LogP contribution in [0, 0.1) is 0 Å². The van der Waals surface area contributed by atoms with Crippen molar-refractivity contribution in [3.05, 3.63) is 30.0 Å². The second kappa shape index (κ2) is 3.38. The minimum absolute atomic E-state index is 0.332. The number of benzene rings is 1. The molecule has 0 aliphatic heterocycles. The normalized spacial score (nSPS) is 12.1. The van der Waals surface area contributed by atoms with Crippen molar-refractivity contribution in [1.82, 2.24) is 0 Å². The smallest absolute Gasteiger partial charge is 0.175 e. The Labute approximate surface area is 88.6 Å². The van der Waals surface area contributed by atoms with Crippen LogP contribution in [0.2, 0.25) is 0 Å². The highest BCUT2D eigenvalue weighted by molar-refractivity contribution is 7.90. The molecule has 0 saturated heterocycles. The second-order valence-corrected chi connectivity index (χ2v) is 5.55. The molecule has 3 nitrogen and oxygen atoms in total.